The van der Waals surface area contributed by atoms with Gasteiger partial charge in [0, 0.05) is 25.8 Å². The highest BCUT2D eigenvalue weighted by Gasteiger charge is 2.01. The van der Waals surface area contributed by atoms with Gasteiger partial charge in [0.25, 0.3) is 0 Å². The standard InChI is InChI=1S/C27H51NO8/c29-17-13-18-33-20-22-35-24-25-36-23-21-34-19-16-28-26(30)14-11-9-7-5-3-1-2-4-6-8-10-12-15-27(31)32/h17H,1-16,18-25H2,(H,28,30)(H,31,32). The van der Waals surface area contributed by atoms with Gasteiger partial charge >= 0.3 is 5.97 Å². The highest BCUT2D eigenvalue weighted by atomic mass is 16.6. The second kappa shape index (κ2) is 29.7. The maximum Gasteiger partial charge on any atom is 0.303 e. The van der Waals surface area contributed by atoms with Crippen molar-refractivity contribution in [2.45, 2.75) is 96.3 Å². The summed E-state index contributed by atoms with van der Waals surface area (Å²) in [6, 6.07) is 0. The maximum atomic E-state index is 11.9. The number of hydrogen-bond acceptors (Lipinski definition) is 7. The molecule has 1 amide bonds. The summed E-state index contributed by atoms with van der Waals surface area (Å²) in [6.07, 6.45) is 15.8. The van der Waals surface area contributed by atoms with Crippen molar-refractivity contribution < 1.29 is 38.4 Å². The Labute approximate surface area is 218 Å². The quantitative estimate of drug-likeness (QED) is 0.107. The number of rotatable bonds is 30. The normalized spacial score (nSPS) is 11.0. The number of carbonyl (C=O) groups is 3. The van der Waals surface area contributed by atoms with Crippen LogP contribution in [-0.4, -0.2) is 82.7 Å². The number of nitrogens with one attached hydrogen (secondary N) is 1. The molecule has 0 unspecified atom stereocenters. The zero-order valence-corrected chi connectivity index (χ0v) is 22.4. The zero-order valence-electron chi connectivity index (χ0n) is 22.4. The maximum absolute atomic E-state index is 11.9. The predicted molar refractivity (Wildman–Crippen MR) is 139 cm³/mol. The molecule has 9 nitrogen and oxygen atoms in total. The van der Waals surface area contributed by atoms with Gasteiger partial charge in [0.2, 0.25) is 5.91 Å². The Morgan fingerprint density at radius 2 is 0.944 bits per heavy atom. The summed E-state index contributed by atoms with van der Waals surface area (Å²) in [6.45, 7) is 4.35. The van der Waals surface area contributed by atoms with Crippen LogP contribution in [0.2, 0.25) is 0 Å². The molecule has 0 aromatic rings. The van der Waals surface area contributed by atoms with Crippen LogP contribution in [-0.2, 0) is 33.3 Å². The van der Waals surface area contributed by atoms with Crippen molar-refractivity contribution in [1.82, 2.24) is 5.32 Å². The molecule has 0 aliphatic carbocycles. The minimum absolute atomic E-state index is 0.0884. The summed E-state index contributed by atoms with van der Waals surface area (Å²) in [5.74, 6) is -0.601. The van der Waals surface area contributed by atoms with Gasteiger partial charge in [0.15, 0.2) is 0 Å². The van der Waals surface area contributed by atoms with Crippen LogP contribution in [0.4, 0.5) is 0 Å². The van der Waals surface area contributed by atoms with Crippen molar-refractivity contribution in [3.63, 3.8) is 0 Å². The number of carbonyl (C=O) groups excluding carboxylic acids is 2. The van der Waals surface area contributed by atoms with Crippen molar-refractivity contribution in [1.29, 1.82) is 0 Å². The summed E-state index contributed by atoms with van der Waals surface area (Å²) >= 11 is 0. The third-order valence-electron chi connectivity index (χ3n) is 5.61. The van der Waals surface area contributed by atoms with E-state index in [1.54, 1.807) is 0 Å². The SMILES string of the molecule is O=CCCOCCOCCOCCOCCNC(=O)CCCCCCCCCCCCCCC(=O)O. The lowest BCUT2D eigenvalue weighted by Gasteiger charge is -2.08. The lowest BCUT2D eigenvalue weighted by atomic mass is 10.0. The number of amides is 1. The van der Waals surface area contributed by atoms with Crippen LogP contribution in [0.3, 0.4) is 0 Å². The molecule has 2 N–H and O–H groups in total. The number of ether oxygens (including phenoxy) is 4. The van der Waals surface area contributed by atoms with Gasteiger partial charge in [-0.15, -0.1) is 0 Å². The minimum Gasteiger partial charge on any atom is -0.481 e. The molecule has 212 valence electrons. The average molecular weight is 518 g/mol. The molecule has 9 heteroatoms. The van der Waals surface area contributed by atoms with Crippen LogP contribution in [0.25, 0.3) is 0 Å². The molecule has 0 radical (unpaired) electrons. The summed E-state index contributed by atoms with van der Waals surface area (Å²) in [5, 5.41) is 11.5. The number of carboxylic acids is 1. The second-order valence-corrected chi connectivity index (χ2v) is 8.89. The Hall–Kier alpha value is -1.55. The fraction of sp³-hybridized carbons (Fsp3) is 0.889. The molecule has 0 aliphatic rings. The molecule has 0 rings (SSSR count). The van der Waals surface area contributed by atoms with E-state index in [-0.39, 0.29) is 5.91 Å². The van der Waals surface area contributed by atoms with Crippen molar-refractivity contribution in [2.24, 2.45) is 0 Å². The molecule has 0 aliphatic heterocycles. The highest BCUT2D eigenvalue weighted by molar-refractivity contribution is 5.75. The van der Waals surface area contributed by atoms with Crippen LogP contribution < -0.4 is 5.32 Å². The van der Waals surface area contributed by atoms with Crippen molar-refractivity contribution in [3.05, 3.63) is 0 Å². The molecule has 0 saturated heterocycles. The zero-order chi connectivity index (χ0) is 26.4. The van der Waals surface area contributed by atoms with Gasteiger partial charge in [-0.1, -0.05) is 64.2 Å². The van der Waals surface area contributed by atoms with Crippen molar-refractivity contribution in [3.8, 4) is 0 Å². The number of aldehydes is 1. The van der Waals surface area contributed by atoms with E-state index in [2.05, 4.69) is 5.32 Å². The van der Waals surface area contributed by atoms with E-state index in [9.17, 15) is 14.4 Å². The van der Waals surface area contributed by atoms with E-state index in [4.69, 9.17) is 24.1 Å². The first kappa shape index (κ1) is 34.5. The summed E-state index contributed by atoms with van der Waals surface area (Å²) < 4.78 is 21.4. The first-order valence-electron chi connectivity index (χ1n) is 13.9. The van der Waals surface area contributed by atoms with Crippen LogP contribution in [0.5, 0.6) is 0 Å². The number of aliphatic carboxylic acids is 1. The summed E-state index contributed by atoms with van der Waals surface area (Å²) in [4.78, 5) is 32.4. The molecular formula is C27H51NO8. The molecule has 0 fully saturated rings. The summed E-state index contributed by atoms with van der Waals surface area (Å²) in [7, 11) is 0. The van der Waals surface area contributed by atoms with Crippen LogP contribution in [0.15, 0.2) is 0 Å². The Morgan fingerprint density at radius 3 is 1.39 bits per heavy atom. The lowest BCUT2D eigenvalue weighted by molar-refractivity contribution is -0.137. The van der Waals surface area contributed by atoms with E-state index < -0.39 is 5.97 Å². The summed E-state index contributed by atoms with van der Waals surface area (Å²) in [5.41, 5.74) is 0. The van der Waals surface area contributed by atoms with Crippen LogP contribution in [0.1, 0.15) is 96.3 Å². The smallest absolute Gasteiger partial charge is 0.303 e. The predicted octanol–water partition coefficient (Wildman–Crippen LogP) is 4.30. The Bertz CT molecular complexity index is 504. The topological polar surface area (TPSA) is 120 Å². The van der Waals surface area contributed by atoms with Crippen LogP contribution in [0, 0.1) is 0 Å². The van der Waals surface area contributed by atoms with Gasteiger partial charge in [0.1, 0.15) is 6.29 Å². The number of carboxylic acid groups (broad SMARTS) is 1. The Kier molecular flexibility index (Phi) is 28.4. The highest BCUT2D eigenvalue weighted by Crippen LogP contribution is 2.13. The fourth-order valence-corrected chi connectivity index (χ4v) is 3.57. The average Bonchev–Trinajstić information content (AvgIpc) is 2.86. The first-order chi connectivity index (χ1) is 17.7. The molecule has 0 atom stereocenters. The minimum atomic E-state index is -0.690. The largest absolute Gasteiger partial charge is 0.481 e. The molecule has 0 bridgehead atoms. The van der Waals surface area contributed by atoms with Gasteiger partial charge < -0.3 is 34.2 Å². The molecule has 36 heavy (non-hydrogen) atoms. The third-order valence-corrected chi connectivity index (χ3v) is 5.61. The molecule has 0 saturated carbocycles. The first-order valence-corrected chi connectivity index (χ1v) is 13.9. The molecule has 0 heterocycles. The number of unbranched alkanes of at least 4 members (excludes halogenated alkanes) is 11. The van der Waals surface area contributed by atoms with Crippen molar-refractivity contribution in [2.75, 3.05) is 59.4 Å². The molecular weight excluding hydrogens is 466 g/mol. The Balaban J connectivity index is 3.16. The van der Waals surface area contributed by atoms with E-state index in [1.165, 1.54) is 44.9 Å². The van der Waals surface area contributed by atoms with E-state index in [0.717, 1.165) is 38.4 Å². The van der Waals surface area contributed by atoms with E-state index in [0.29, 0.717) is 78.7 Å². The van der Waals surface area contributed by atoms with E-state index in [1.807, 2.05) is 0 Å². The second-order valence-electron chi connectivity index (χ2n) is 8.89. The molecule has 0 aromatic heterocycles. The monoisotopic (exact) mass is 517 g/mol. The van der Waals surface area contributed by atoms with E-state index >= 15 is 0 Å². The Morgan fingerprint density at radius 1 is 0.556 bits per heavy atom. The third kappa shape index (κ3) is 30.5. The van der Waals surface area contributed by atoms with Gasteiger partial charge in [-0.2, -0.15) is 0 Å². The van der Waals surface area contributed by atoms with Gasteiger partial charge in [-0.05, 0) is 12.8 Å². The van der Waals surface area contributed by atoms with Gasteiger partial charge in [0.05, 0.1) is 52.9 Å². The van der Waals surface area contributed by atoms with Crippen molar-refractivity contribution >= 4 is 18.2 Å². The molecule has 0 aromatic carbocycles. The fourth-order valence-electron chi connectivity index (χ4n) is 3.57. The van der Waals surface area contributed by atoms with Gasteiger partial charge in [-0.25, -0.2) is 0 Å². The number of hydrogen-bond donors (Lipinski definition) is 2. The van der Waals surface area contributed by atoms with Crippen LogP contribution >= 0.6 is 0 Å². The van der Waals surface area contributed by atoms with Gasteiger partial charge in [-0.3, -0.25) is 9.59 Å². The lowest BCUT2D eigenvalue weighted by Crippen LogP contribution is -2.27. The molecule has 0 spiro atoms.